The molecule has 0 bridgehead atoms. The average Bonchev–Trinajstić information content (AvgIpc) is 2.91. The van der Waals surface area contributed by atoms with Crippen LogP contribution in [0.3, 0.4) is 0 Å². The highest BCUT2D eigenvalue weighted by molar-refractivity contribution is 7.89. The number of carbonyl (C=O) groups excluding carboxylic acids is 1. The first-order valence-corrected chi connectivity index (χ1v) is 13.6. The number of aryl methyl sites for hydroxylation is 2. The topological polar surface area (TPSA) is 125 Å². The molecule has 4 aromatic rings. The molecule has 4 rings (SSSR count). The van der Waals surface area contributed by atoms with Gasteiger partial charge in [0.1, 0.15) is 16.5 Å². The van der Waals surface area contributed by atoms with Crippen LogP contribution in [0.4, 0.5) is 40.7 Å². The minimum atomic E-state index is -4.42. The molecular weight excluding hydrogens is 564 g/mol. The fourth-order valence-corrected chi connectivity index (χ4v) is 4.75. The number of sulfonamides is 1. The highest BCUT2D eigenvalue weighted by Crippen LogP contribution is 2.21. The van der Waals surface area contributed by atoms with Crippen LogP contribution in [0.25, 0.3) is 0 Å². The van der Waals surface area contributed by atoms with Gasteiger partial charge < -0.3 is 16.0 Å². The van der Waals surface area contributed by atoms with Gasteiger partial charge in [0.25, 0.3) is 5.91 Å². The lowest BCUT2D eigenvalue weighted by molar-refractivity contribution is 0.102. The molecule has 9 nitrogen and oxygen atoms in total. The van der Waals surface area contributed by atoms with Gasteiger partial charge >= 0.3 is 0 Å². The van der Waals surface area contributed by atoms with Gasteiger partial charge in [-0.2, -0.15) is 4.98 Å². The number of halogens is 4. The number of amides is 1. The molecule has 4 N–H and O–H groups in total. The summed E-state index contributed by atoms with van der Waals surface area (Å²) in [5.41, 5.74) is 1.84. The molecule has 0 aliphatic heterocycles. The predicted octanol–water partition coefficient (Wildman–Crippen LogP) is 5.04. The standard InChI is InChI=1S/C27H24F4N6O3S/c1-15-3-6-18(7-4-15)35-24-11-16(2)34-27(37-24)32-9-10-33-41(39,40)23-12-17(5-8-20(23)28)26(38)36-19-13-21(29)25(31)22(30)14-19/h3-8,11-14,33H,9-10H2,1-2H3,(H,36,38)(H2,32,34,35,37). The lowest BCUT2D eigenvalue weighted by atomic mass is 10.2. The van der Waals surface area contributed by atoms with Gasteiger partial charge in [-0.1, -0.05) is 17.7 Å². The van der Waals surface area contributed by atoms with Crippen molar-refractivity contribution in [3.63, 3.8) is 0 Å². The smallest absolute Gasteiger partial charge is 0.255 e. The fraction of sp³-hybridized carbons (Fsp3) is 0.148. The first-order chi connectivity index (χ1) is 19.4. The second-order valence-corrected chi connectivity index (χ2v) is 10.6. The van der Waals surface area contributed by atoms with E-state index in [1.165, 1.54) is 0 Å². The van der Waals surface area contributed by atoms with Gasteiger partial charge in [0, 0.05) is 53.9 Å². The van der Waals surface area contributed by atoms with Crippen molar-refractivity contribution in [2.75, 3.05) is 29.0 Å². The Morgan fingerprint density at radius 1 is 0.805 bits per heavy atom. The van der Waals surface area contributed by atoms with Crippen LogP contribution in [0.2, 0.25) is 0 Å². The van der Waals surface area contributed by atoms with Crippen LogP contribution in [0, 0.1) is 37.1 Å². The number of hydrogen-bond acceptors (Lipinski definition) is 7. The predicted molar refractivity (Wildman–Crippen MR) is 146 cm³/mol. The van der Waals surface area contributed by atoms with E-state index in [1.54, 1.807) is 13.0 Å². The third-order valence-corrected chi connectivity index (χ3v) is 7.08. The number of nitrogens with one attached hydrogen (secondary N) is 4. The summed E-state index contributed by atoms with van der Waals surface area (Å²) in [6.45, 7) is 3.59. The summed E-state index contributed by atoms with van der Waals surface area (Å²) in [7, 11) is -4.42. The Morgan fingerprint density at radius 3 is 2.17 bits per heavy atom. The Hall–Kier alpha value is -4.56. The highest BCUT2D eigenvalue weighted by atomic mass is 32.2. The molecule has 0 saturated heterocycles. The molecule has 14 heteroatoms. The number of anilines is 4. The zero-order valence-electron chi connectivity index (χ0n) is 21.7. The molecule has 214 valence electrons. The summed E-state index contributed by atoms with van der Waals surface area (Å²) in [6.07, 6.45) is 0. The Balaban J connectivity index is 1.38. The fourth-order valence-electron chi connectivity index (χ4n) is 3.62. The van der Waals surface area contributed by atoms with Gasteiger partial charge in [-0.3, -0.25) is 4.79 Å². The maximum atomic E-state index is 14.4. The van der Waals surface area contributed by atoms with E-state index in [4.69, 9.17) is 0 Å². The molecule has 0 aliphatic carbocycles. The largest absolute Gasteiger partial charge is 0.353 e. The number of rotatable bonds is 10. The van der Waals surface area contributed by atoms with Crippen LogP contribution in [0.15, 0.2) is 65.6 Å². The van der Waals surface area contributed by atoms with Crippen molar-refractivity contribution >= 4 is 39.1 Å². The summed E-state index contributed by atoms with van der Waals surface area (Å²) in [5.74, 6) is -6.16. The third kappa shape index (κ3) is 7.55. The van der Waals surface area contributed by atoms with Gasteiger partial charge in [-0.05, 0) is 44.2 Å². The van der Waals surface area contributed by atoms with E-state index >= 15 is 0 Å². The van der Waals surface area contributed by atoms with Crippen LogP contribution >= 0.6 is 0 Å². The summed E-state index contributed by atoms with van der Waals surface area (Å²) in [6, 6.07) is 13.0. The van der Waals surface area contributed by atoms with Crippen LogP contribution < -0.4 is 20.7 Å². The van der Waals surface area contributed by atoms with E-state index in [9.17, 15) is 30.8 Å². The average molecular weight is 589 g/mol. The summed E-state index contributed by atoms with van der Waals surface area (Å²) >= 11 is 0. The SMILES string of the molecule is Cc1ccc(Nc2cc(C)nc(NCCNS(=O)(=O)c3cc(C(=O)Nc4cc(F)c(F)c(F)c4)ccc3F)n2)cc1. The van der Waals surface area contributed by atoms with Crippen molar-refractivity contribution in [3.8, 4) is 0 Å². The van der Waals surface area contributed by atoms with Crippen LogP contribution in [-0.2, 0) is 10.0 Å². The third-order valence-electron chi connectivity index (χ3n) is 5.60. The van der Waals surface area contributed by atoms with E-state index < -0.39 is 49.8 Å². The molecule has 0 unspecified atom stereocenters. The first-order valence-electron chi connectivity index (χ1n) is 12.1. The number of carbonyl (C=O) groups is 1. The van der Waals surface area contributed by atoms with E-state index in [0.29, 0.717) is 23.6 Å². The molecule has 3 aromatic carbocycles. The van der Waals surface area contributed by atoms with Crippen LogP contribution in [-0.4, -0.2) is 37.4 Å². The van der Waals surface area contributed by atoms with E-state index in [0.717, 1.165) is 29.4 Å². The Bertz CT molecular complexity index is 1680. The normalized spacial score (nSPS) is 11.3. The molecule has 41 heavy (non-hydrogen) atoms. The van der Waals surface area contributed by atoms with Crippen molar-refractivity contribution in [1.29, 1.82) is 0 Å². The number of aromatic nitrogens is 2. The van der Waals surface area contributed by atoms with Gasteiger partial charge in [0.05, 0.1) is 0 Å². The number of benzene rings is 3. The molecule has 0 saturated carbocycles. The minimum Gasteiger partial charge on any atom is -0.353 e. The monoisotopic (exact) mass is 588 g/mol. The molecule has 1 amide bonds. The Morgan fingerprint density at radius 2 is 1.49 bits per heavy atom. The number of nitrogens with zero attached hydrogens (tertiary/aromatic N) is 2. The lowest BCUT2D eigenvalue weighted by Crippen LogP contribution is -2.30. The number of hydrogen-bond donors (Lipinski definition) is 4. The zero-order valence-corrected chi connectivity index (χ0v) is 22.5. The zero-order chi connectivity index (χ0) is 29.7. The summed E-state index contributed by atoms with van der Waals surface area (Å²) in [5, 5.41) is 8.17. The quantitative estimate of drug-likeness (QED) is 0.116. The maximum Gasteiger partial charge on any atom is 0.255 e. The van der Waals surface area contributed by atoms with Crippen LogP contribution in [0.1, 0.15) is 21.6 Å². The van der Waals surface area contributed by atoms with Crippen molar-refractivity contribution in [2.45, 2.75) is 18.7 Å². The van der Waals surface area contributed by atoms with E-state index in [2.05, 4.69) is 30.6 Å². The Labute approximate surface area is 233 Å². The molecule has 0 aliphatic rings. The second kappa shape index (κ2) is 12.3. The molecule has 1 heterocycles. The minimum absolute atomic E-state index is 0.0378. The molecular formula is C27H24F4N6O3S. The molecule has 0 spiro atoms. The van der Waals surface area contributed by atoms with Crippen molar-refractivity contribution in [2.24, 2.45) is 0 Å². The van der Waals surface area contributed by atoms with Gasteiger partial charge in [0.2, 0.25) is 16.0 Å². The van der Waals surface area contributed by atoms with Crippen molar-refractivity contribution in [3.05, 3.63) is 101 Å². The lowest BCUT2D eigenvalue weighted by Gasteiger charge is -2.12. The van der Waals surface area contributed by atoms with Crippen molar-refractivity contribution in [1.82, 2.24) is 14.7 Å². The first kappa shape index (κ1) is 29.4. The second-order valence-electron chi connectivity index (χ2n) is 8.89. The molecule has 0 atom stereocenters. The van der Waals surface area contributed by atoms with Gasteiger partial charge in [-0.15, -0.1) is 0 Å². The molecule has 0 radical (unpaired) electrons. The van der Waals surface area contributed by atoms with Gasteiger partial charge in [-0.25, -0.2) is 35.7 Å². The highest BCUT2D eigenvalue weighted by Gasteiger charge is 2.21. The molecule has 0 fully saturated rings. The van der Waals surface area contributed by atoms with Gasteiger partial charge in [0.15, 0.2) is 17.5 Å². The van der Waals surface area contributed by atoms with Crippen LogP contribution in [0.5, 0.6) is 0 Å². The molecule has 1 aromatic heterocycles. The Kier molecular flexibility index (Phi) is 8.83. The van der Waals surface area contributed by atoms with E-state index in [1.807, 2.05) is 31.2 Å². The summed E-state index contributed by atoms with van der Waals surface area (Å²) in [4.78, 5) is 20.3. The van der Waals surface area contributed by atoms with E-state index in [-0.39, 0.29) is 24.6 Å². The maximum absolute atomic E-state index is 14.4. The summed E-state index contributed by atoms with van der Waals surface area (Å²) < 4.78 is 82.2. The van der Waals surface area contributed by atoms with Crippen molar-refractivity contribution < 1.29 is 30.8 Å².